The van der Waals surface area contributed by atoms with Gasteiger partial charge in [-0.3, -0.25) is 29.0 Å². The van der Waals surface area contributed by atoms with Gasteiger partial charge in [0.25, 0.3) is 0 Å². The van der Waals surface area contributed by atoms with E-state index in [9.17, 15) is 48.6 Å². The van der Waals surface area contributed by atoms with Gasteiger partial charge in [-0.15, -0.1) is 0 Å². The van der Waals surface area contributed by atoms with E-state index in [-0.39, 0.29) is 17.5 Å². The van der Waals surface area contributed by atoms with Crippen molar-refractivity contribution in [2.75, 3.05) is 13.2 Å². The number of aliphatic hydroxyl groups is 2. The van der Waals surface area contributed by atoms with Crippen molar-refractivity contribution in [2.24, 2.45) is 11.3 Å². The molecular formula is C41H47NO20. The first-order valence-corrected chi connectivity index (χ1v) is 19.5. The summed E-state index contributed by atoms with van der Waals surface area (Å²) < 4.78 is 59.8. The molecule has 4 bridgehead atoms. The number of furan rings is 1. The molecule has 2 N–H and O–H groups in total. The third-order valence-corrected chi connectivity index (χ3v) is 11.9. The number of carbonyl (C=O) groups is 8. The summed E-state index contributed by atoms with van der Waals surface area (Å²) in [4.78, 5) is 113. The van der Waals surface area contributed by atoms with Crippen LogP contribution >= 0.6 is 0 Å². The Morgan fingerprint density at radius 1 is 0.806 bits per heavy atom. The molecule has 1 saturated heterocycles. The minimum atomic E-state index is -3.00. The number of aromatic nitrogens is 1. The van der Waals surface area contributed by atoms with E-state index in [4.69, 9.17) is 47.0 Å². The van der Waals surface area contributed by atoms with E-state index in [0.29, 0.717) is 0 Å². The van der Waals surface area contributed by atoms with Gasteiger partial charge in [0.15, 0.2) is 35.6 Å². The van der Waals surface area contributed by atoms with E-state index in [1.54, 1.807) is 0 Å². The van der Waals surface area contributed by atoms with Crippen LogP contribution in [0.3, 0.4) is 0 Å². The Morgan fingerprint density at radius 2 is 1.42 bits per heavy atom. The minimum Gasteiger partial charge on any atom is -0.465 e. The Kier molecular flexibility index (Phi) is 12.1. The van der Waals surface area contributed by atoms with Crippen LogP contribution in [0.5, 0.6) is 0 Å². The average Bonchev–Trinajstić information content (AvgIpc) is 3.79. The van der Waals surface area contributed by atoms with Crippen LogP contribution in [0.25, 0.3) is 0 Å². The Labute approximate surface area is 353 Å². The maximum Gasteiger partial charge on any atom is 0.374 e. The van der Waals surface area contributed by atoms with Crippen LogP contribution in [0, 0.1) is 11.3 Å². The molecule has 0 amide bonds. The molecule has 62 heavy (non-hydrogen) atoms. The van der Waals surface area contributed by atoms with Crippen molar-refractivity contribution in [3.8, 4) is 0 Å². The highest BCUT2D eigenvalue weighted by atomic mass is 16.7. The maximum absolute atomic E-state index is 14.4. The molecule has 2 aromatic heterocycles. The van der Waals surface area contributed by atoms with Gasteiger partial charge >= 0.3 is 47.8 Å². The molecule has 2 aromatic rings. The molecule has 3 fully saturated rings. The highest BCUT2D eigenvalue weighted by Crippen LogP contribution is 2.70. The van der Waals surface area contributed by atoms with Crippen molar-refractivity contribution in [3.63, 3.8) is 0 Å². The lowest BCUT2D eigenvalue weighted by Gasteiger charge is -2.67. The fourth-order valence-electron chi connectivity index (χ4n) is 9.56. The summed E-state index contributed by atoms with van der Waals surface area (Å²) in [6.45, 7) is 6.24. The van der Waals surface area contributed by atoms with Gasteiger partial charge in [-0.2, -0.15) is 0 Å². The standard InChI is InChI=1S/C41H47NO20/c1-19(43)54-18-40-32(58-22(4)46)28(56-20(2)44)27-30(57-21(3)45)41(40)39(8,52)31(29(33(40)59-23(5)47)60-35(49)26-10-9-15-53-26)61-36(50)37(6,51)13-11-24-12-14-42-16-25(24)34(48)55-17-38(27,7)62-41/h9-10,12,14-16,27-33,51-52H,11,13,17-18H2,1-8H3/t27-,28-,29+,30-,31+,32-,33+,37-,38+,39-,40-,41+/m1/s1. The Bertz CT molecular complexity index is 2150. The molecule has 336 valence electrons. The average molecular weight is 874 g/mol. The highest BCUT2D eigenvalue weighted by molar-refractivity contribution is 5.91. The molecule has 2 aliphatic heterocycles. The topological polar surface area (TPSA) is 286 Å². The second-order valence-corrected chi connectivity index (χ2v) is 16.4. The molecule has 21 nitrogen and oxygen atoms in total. The van der Waals surface area contributed by atoms with Gasteiger partial charge in [-0.05, 0) is 57.4 Å². The highest BCUT2D eigenvalue weighted by Gasteiger charge is 2.92. The lowest BCUT2D eigenvalue weighted by atomic mass is 9.45. The number of cyclic esters (lactones) is 1. The lowest BCUT2D eigenvalue weighted by molar-refractivity contribution is -0.386. The van der Waals surface area contributed by atoms with E-state index < -0.39 is 144 Å². The van der Waals surface area contributed by atoms with Gasteiger partial charge in [0, 0.05) is 47.0 Å². The maximum atomic E-state index is 14.4. The Morgan fingerprint density at radius 3 is 2.00 bits per heavy atom. The number of aryl methyl sites for hydroxylation is 1. The summed E-state index contributed by atoms with van der Waals surface area (Å²) in [5.74, 6) is -11.2. The van der Waals surface area contributed by atoms with E-state index in [0.717, 1.165) is 54.7 Å². The van der Waals surface area contributed by atoms with E-state index in [1.165, 1.54) is 37.5 Å². The number of fused-ring (bicyclic) bond motifs is 5. The summed E-state index contributed by atoms with van der Waals surface area (Å²) in [6.07, 6.45) is -9.80. The largest absolute Gasteiger partial charge is 0.465 e. The molecule has 0 radical (unpaired) electrons. The first kappa shape index (κ1) is 45.6. The second kappa shape index (κ2) is 16.4. The fourth-order valence-corrected chi connectivity index (χ4v) is 9.56. The Hall–Kier alpha value is -5.93. The van der Waals surface area contributed by atoms with Gasteiger partial charge in [0.1, 0.15) is 42.0 Å². The molecule has 4 heterocycles. The zero-order valence-corrected chi connectivity index (χ0v) is 35.0. The molecular weight excluding hydrogens is 826 g/mol. The molecule has 2 aliphatic carbocycles. The fraction of sp³-hybridized carbons (Fsp3) is 0.585. The second-order valence-electron chi connectivity index (χ2n) is 16.4. The molecule has 0 unspecified atom stereocenters. The number of hydrogen-bond donors (Lipinski definition) is 2. The lowest BCUT2D eigenvalue weighted by Crippen LogP contribution is -2.89. The number of hydrogen-bond acceptors (Lipinski definition) is 21. The van der Waals surface area contributed by atoms with Crippen LogP contribution in [0.1, 0.15) is 88.3 Å². The van der Waals surface area contributed by atoms with Crippen LogP contribution in [0.2, 0.25) is 0 Å². The number of rotatable bonds is 8. The SMILES string of the molecule is CC(=O)OC[C@]12[C@H](OC(C)=O)[C@H](OC(C)=O)[C@@H]3[C@@H](OC(C)=O)[C@@]14O[C@@]3(C)COC(=O)c1cnccc1CC[C@@](C)(O)C(=O)O[C@@H]([C@H](OC(=O)c1ccco1)[C@@H]2OC(C)=O)[C@@]4(C)O. The van der Waals surface area contributed by atoms with Crippen LogP contribution in [0.15, 0.2) is 41.3 Å². The van der Waals surface area contributed by atoms with Crippen LogP contribution in [-0.4, -0.2) is 135 Å². The molecule has 21 heteroatoms. The summed E-state index contributed by atoms with van der Waals surface area (Å²) in [7, 11) is 0. The smallest absolute Gasteiger partial charge is 0.374 e. The molecule has 0 aromatic carbocycles. The Balaban J connectivity index is 1.79. The van der Waals surface area contributed by atoms with Gasteiger partial charge < -0.3 is 57.3 Å². The quantitative estimate of drug-likeness (QED) is 0.275. The van der Waals surface area contributed by atoms with Crippen LogP contribution in [0.4, 0.5) is 0 Å². The van der Waals surface area contributed by atoms with Gasteiger partial charge in [0.05, 0.1) is 17.7 Å². The van der Waals surface area contributed by atoms with Crippen LogP contribution in [-0.2, 0) is 77.8 Å². The van der Waals surface area contributed by atoms with Crippen molar-refractivity contribution >= 4 is 47.8 Å². The van der Waals surface area contributed by atoms with E-state index in [1.807, 2.05) is 0 Å². The van der Waals surface area contributed by atoms with Crippen LogP contribution < -0.4 is 0 Å². The van der Waals surface area contributed by atoms with Crippen molar-refractivity contribution in [1.29, 1.82) is 0 Å². The summed E-state index contributed by atoms with van der Waals surface area (Å²) in [5.41, 5.74) is -13.1. The molecule has 1 spiro atoms. The summed E-state index contributed by atoms with van der Waals surface area (Å²) in [6, 6.07) is 3.96. The molecule has 6 rings (SSSR count). The van der Waals surface area contributed by atoms with Gasteiger partial charge in [0.2, 0.25) is 5.76 Å². The molecule has 4 aliphatic rings. The summed E-state index contributed by atoms with van der Waals surface area (Å²) >= 11 is 0. The zero-order valence-electron chi connectivity index (χ0n) is 35.0. The first-order valence-electron chi connectivity index (χ1n) is 19.5. The first-order chi connectivity index (χ1) is 28.9. The predicted molar refractivity (Wildman–Crippen MR) is 199 cm³/mol. The predicted octanol–water partition coefficient (Wildman–Crippen LogP) is 0.864. The number of pyridine rings is 1. The van der Waals surface area contributed by atoms with Gasteiger partial charge in [-0.25, -0.2) is 14.4 Å². The number of nitrogens with zero attached hydrogens (tertiary/aromatic N) is 1. The van der Waals surface area contributed by atoms with Gasteiger partial charge in [-0.1, -0.05) is 0 Å². The van der Waals surface area contributed by atoms with Crippen molar-refractivity contribution in [3.05, 3.63) is 53.7 Å². The number of carbonyl (C=O) groups excluding carboxylic acids is 8. The molecule has 12 atom stereocenters. The van der Waals surface area contributed by atoms with E-state index >= 15 is 0 Å². The van der Waals surface area contributed by atoms with E-state index in [2.05, 4.69) is 4.98 Å². The van der Waals surface area contributed by atoms with Crippen molar-refractivity contribution < 1.29 is 95.6 Å². The number of ether oxygens (including phenoxy) is 9. The third kappa shape index (κ3) is 7.54. The normalized spacial score (nSPS) is 36.3. The van der Waals surface area contributed by atoms with Crippen molar-refractivity contribution in [1.82, 2.24) is 4.98 Å². The number of esters is 8. The monoisotopic (exact) mass is 873 g/mol. The zero-order chi connectivity index (χ0) is 45.7. The third-order valence-electron chi connectivity index (χ3n) is 11.9. The minimum absolute atomic E-state index is 0.102. The molecule has 2 saturated carbocycles. The van der Waals surface area contributed by atoms with Crippen molar-refractivity contribution in [2.45, 2.75) is 127 Å². The summed E-state index contributed by atoms with van der Waals surface area (Å²) in [5, 5.41) is 25.3.